The summed E-state index contributed by atoms with van der Waals surface area (Å²) in [6.45, 7) is 3.69. The number of ketones is 1. The summed E-state index contributed by atoms with van der Waals surface area (Å²) >= 11 is 0. The van der Waals surface area contributed by atoms with Gasteiger partial charge in [-0.15, -0.1) is 0 Å². The van der Waals surface area contributed by atoms with E-state index in [0.717, 1.165) is 11.1 Å². The van der Waals surface area contributed by atoms with E-state index < -0.39 is 23.5 Å². The molecule has 5 nitrogen and oxygen atoms in total. The summed E-state index contributed by atoms with van der Waals surface area (Å²) in [5.74, 6) is -0.847. The minimum Gasteiger partial charge on any atom is -0.503 e. The normalized spacial score (nSPS) is 18.0. The average Bonchev–Trinajstić information content (AvgIpc) is 3.05. The average molecular weight is 311 g/mol. The lowest BCUT2D eigenvalue weighted by atomic mass is 9.95. The van der Waals surface area contributed by atoms with E-state index in [4.69, 9.17) is 4.42 Å². The number of furan rings is 1. The molecule has 118 valence electrons. The summed E-state index contributed by atoms with van der Waals surface area (Å²) in [6, 6.07) is 10.1. The molecular formula is C18H17NO4. The van der Waals surface area contributed by atoms with Gasteiger partial charge in [-0.3, -0.25) is 9.59 Å². The molecule has 0 radical (unpaired) electrons. The molecular weight excluding hydrogens is 294 g/mol. The Labute approximate surface area is 133 Å². The number of hydrogen-bond donors (Lipinski definition) is 1. The standard InChI is InChI=1S/C18H17NO4/c1-10-4-7-12(8-5-10)15-14(17(21)18(22)19(15)3)16(20)13-9-6-11(2)23-13/h4-9,15,21H,1-3H3. The van der Waals surface area contributed by atoms with E-state index in [0.29, 0.717) is 5.76 Å². The number of benzene rings is 1. The van der Waals surface area contributed by atoms with E-state index >= 15 is 0 Å². The molecule has 0 aliphatic carbocycles. The Morgan fingerprint density at radius 2 is 1.78 bits per heavy atom. The first kappa shape index (κ1) is 15.1. The molecule has 1 aliphatic heterocycles. The van der Waals surface area contributed by atoms with Crippen molar-refractivity contribution in [3.63, 3.8) is 0 Å². The first-order valence-electron chi connectivity index (χ1n) is 7.28. The molecule has 0 spiro atoms. The SMILES string of the molecule is Cc1ccc(C2C(C(=O)c3ccc(C)o3)=C(O)C(=O)N2C)cc1. The van der Waals surface area contributed by atoms with Crippen LogP contribution in [0.4, 0.5) is 0 Å². The number of aliphatic hydroxyl groups is 1. The van der Waals surface area contributed by atoms with Gasteiger partial charge in [-0.1, -0.05) is 29.8 Å². The van der Waals surface area contributed by atoms with E-state index in [9.17, 15) is 14.7 Å². The number of hydrogen-bond acceptors (Lipinski definition) is 4. The van der Waals surface area contributed by atoms with Crippen LogP contribution in [0.3, 0.4) is 0 Å². The van der Waals surface area contributed by atoms with Crippen LogP contribution in [-0.4, -0.2) is 28.7 Å². The van der Waals surface area contributed by atoms with Gasteiger partial charge in [0.25, 0.3) is 5.91 Å². The largest absolute Gasteiger partial charge is 0.503 e. The Bertz CT molecular complexity index is 814. The van der Waals surface area contributed by atoms with Crippen LogP contribution >= 0.6 is 0 Å². The molecule has 1 amide bonds. The maximum absolute atomic E-state index is 12.7. The van der Waals surface area contributed by atoms with Crippen molar-refractivity contribution in [1.82, 2.24) is 4.90 Å². The minimum absolute atomic E-state index is 0.0516. The quantitative estimate of drug-likeness (QED) is 0.884. The second-order valence-electron chi connectivity index (χ2n) is 5.73. The summed E-state index contributed by atoms with van der Waals surface area (Å²) < 4.78 is 5.36. The molecule has 1 N–H and O–H groups in total. The van der Waals surface area contributed by atoms with Gasteiger partial charge < -0.3 is 14.4 Å². The number of rotatable bonds is 3. The third kappa shape index (κ3) is 2.44. The van der Waals surface area contributed by atoms with Crippen molar-refractivity contribution < 1.29 is 19.1 Å². The van der Waals surface area contributed by atoms with Crippen LogP contribution in [0.5, 0.6) is 0 Å². The fourth-order valence-electron chi connectivity index (χ4n) is 2.78. The van der Waals surface area contributed by atoms with Crippen LogP contribution in [0.15, 0.2) is 52.1 Å². The van der Waals surface area contributed by atoms with Crippen LogP contribution in [-0.2, 0) is 4.79 Å². The highest BCUT2D eigenvalue weighted by atomic mass is 16.3. The number of nitrogens with zero attached hydrogens (tertiary/aromatic N) is 1. The van der Waals surface area contributed by atoms with E-state index in [-0.39, 0.29) is 11.3 Å². The van der Waals surface area contributed by atoms with Crippen LogP contribution in [0, 0.1) is 13.8 Å². The van der Waals surface area contributed by atoms with Gasteiger partial charge in [0.05, 0.1) is 11.6 Å². The molecule has 1 aromatic heterocycles. The summed E-state index contributed by atoms with van der Waals surface area (Å²) in [4.78, 5) is 26.2. The van der Waals surface area contributed by atoms with Gasteiger partial charge in [0.2, 0.25) is 5.78 Å². The van der Waals surface area contributed by atoms with Crippen LogP contribution in [0.25, 0.3) is 0 Å². The van der Waals surface area contributed by atoms with E-state index in [1.807, 2.05) is 31.2 Å². The topological polar surface area (TPSA) is 70.7 Å². The number of aryl methyl sites for hydroxylation is 2. The number of Topliss-reactive ketones (excluding diaryl/α,β-unsaturated/α-hetero) is 1. The maximum atomic E-state index is 12.7. The van der Waals surface area contributed by atoms with Gasteiger partial charge >= 0.3 is 0 Å². The molecule has 1 aromatic carbocycles. The smallest absolute Gasteiger partial charge is 0.289 e. The van der Waals surface area contributed by atoms with Crippen molar-refractivity contribution in [3.8, 4) is 0 Å². The Morgan fingerprint density at radius 1 is 1.13 bits per heavy atom. The van der Waals surface area contributed by atoms with E-state index in [2.05, 4.69) is 0 Å². The molecule has 0 bridgehead atoms. The summed E-state index contributed by atoms with van der Waals surface area (Å²) in [5.41, 5.74) is 1.89. The zero-order chi connectivity index (χ0) is 16.7. The predicted octanol–water partition coefficient (Wildman–Crippen LogP) is 3.10. The first-order valence-corrected chi connectivity index (χ1v) is 7.28. The first-order chi connectivity index (χ1) is 10.9. The van der Waals surface area contributed by atoms with Crippen LogP contribution < -0.4 is 0 Å². The minimum atomic E-state index is -0.624. The fourth-order valence-corrected chi connectivity index (χ4v) is 2.78. The van der Waals surface area contributed by atoms with Gasteiger partial charge in [-0.25, -0.2) is 0 Å². The fraction of sp³-hybridized carbons (Fsp3) is 0.222. The molecule has 23 heavy (non-hydrogen) atoms. The Balaban J connectivity index is 2.08. The van der Waals surface area contributed by atoms with Crippen molar-refractivity contribution in [2.75, 3.05) is 7.05 Å². The Hall–Kier alpha value is -2.82. The molecule has 2 aromatic rings. The number of likely N-dealkylation sites (N-methyl/N-ethyl adjacent to an activating group) is 1. The zero-order valence-electron chi connectivity index (χ0n) is 13.2. The van der Waals surface area contributed by atoms with Crippen LogP contribution in [0.1, 0.15) is 33.5 Å². The summed E-state index contributed by atoms with van der Waals surface area (Å²) in [6.07, 6.45) is 0. The maximum Gasteiger partial charge on any atom is 0.289 e. The highest BCUT2D eigenvalue weighted by Crippen LogP contribution is 2.38. The summed E-state index contributed by atoms with van der Waals surface area (Å²) in [5, 5.41) is 10.2. The molecule has 1 unspecified atom stereocenters. The molecule has 3 rings (SSSR count). The zero-order valence-corrected chi connectivity index (χ0v) is 13.2. The highest BCUT2D eigenvalue weighted by Gasteiger charge is 2.42. The van der Waals surface area contributed by atoms with Crippen LogP contribution in [0.2, 0.25) is 0 Å². The Kier molecular flexibility index (Phi) is 3.56. The molecule has 5 heteroatoms. The van der Waals surface area contributed by atoms with Crippen molar-refractivity contribution in [1.29, 1.82) is 0 Å². The van der Waals surface area contributed by atoms with Gasteiger partial charge in [0, 0.05) is 7.05 Å². The monoisotopic (exact) mass is 311 g/mol. The van der Waals surface area contributed by atoms with Crippen molar-refractivity contribution >= 4 is 11.7 Å². The molecule has 1 aliphatic rings. The highest BCUT2D eigenvalue weighted by molar-refractivity contribution is 6.14. The van der Waals surface area contributed by atoms with Gasteiger partial charge in [-0.05, 0) is 31.5 Å². The van der Waals surface area contributed by atoms with E-state index in [1.165, 1.54) is 4.90 Å². The molecule has 0 fully saturated rings. The van der Waals surface area contributed by atoms with Gasteiger partial charge in [-0.2, -0.15) is 0 Å². The van der Waals surface area contributed by atoms with Crippen molar-refractivity contribution in [3.05, 3.63) is 70.4 Å². The lowest BCUT2D eigenvalue weighted by Gasteiger charge is -2.22. The number of carbonyl (C=O) groups excluding carboxylic acids is 2. The lowest BCUT2D eigenvalue weighted by Crippen LogP contribution is -2.26. The Morgan fingerprint density at radius 3 is 2.35 bits per heavy atom. The molecule has 1 atom stereocenters. The lowest BCUT2D eigenvalue weighted by molar-refractivity contribution is -0.128. The molecule has 2 heterocycles. The number of amides is 1. The van der Waals surface area contributed by atoms with Crippen molar-refractivity contribution in [2.45, 2.75) is 19.9 Å². The second kappa shape index (κ2) is 5.43. The summed E-state index contributed by atoms with van der Waals surface area (Å²) in [7, 11) is 1.57. The van der Waals surface area contributed by atoms with E-state index in [1.54, 1.807) is 26.1 Å². The van der Waals surface area contributed by atoms with Gasteiger partial charge in [0.1, 0.15) is 5.76 Å². The third-order valence-corrected chi connectivity index (χ3v) is 4.04. The predicted molar refractivity (Wildman–Crippen MR) is 84.1 cm³/mol. The van der Waals surface area contributed by atoms with Crippen molar-refractivity contribution in [2.24, 2.45) is 0 Å². The molecule has 0 saturated heterocycles. The third-order valence-electron chi connectivity index (χ3n) is 4.04. The number of aliphatic hydroxyl groups excluding tert-OH is 1. The molecule has 0 saturated carbocycles. The second-order valence-corrected chi connectivity index (χ2v) is 5.73. The number of carbonyl (C=O) groups is 2. The van der Waals surface area contributed by atoms with Gasteiger partial charge in [0.15, 0.2) is 11.5 Å².